The third kappa shape index (κ3) is 2.11. The Bertz CT molecular complexity index is 497. The summed E-state index contributed by atoms with van der Waals surface area (Å²) in [6.45, 7) is 1.86. The average molecular weight is 218 g/mol. The van der Waals surface area contributed by atoms with Gasteiger partial charge in [0.15, 0.2) is 0 Å². The van der Waals surface area contributed by atoms with Crippen molar-refractivity contribution in [2.45, 2.75) is 6.92 Å². The lowest BCUT2D eigenvalue weighted by Crippen LogP contribution is -1.94. The number of hydrogen-bond donors (Lipinski definition) is 1. The number of hydrogen-bond acceptors (Lipinski definition) is 3. The summed E-state index contributed by atoms with van der Waals surface area (Å²) in [5, 5.41) is 0. The van der Waals surface area contributed by atoms with E-state index >= 15 is 0 Å². The molecule has 0 bridgehead atoms. The van der Waals surface area contributed by atoms with Crippen LogP contribution in [0.15, 0.2) is 36.5 Å². The number of rotatable bonds is 2. The van der Waals surface area contributed by atoms with Crippen LogP contribution in [0.5, 0.6) is 11.6 Å². The summed E-state index contributed by atoms with van der Waals surface area (Å²) in [5.41, 5.74) is 7.23. The predicted molar refractivity (Wildman–Crippen MR) is 59.9 cm³/mol. The molecule has 1 aromatic carbocycles. The monoisotopic (exact) mass is 218 g/mol. The topological polar surface area (TPSA) is 48.1 Å². The van der Waals surface area contributed by atoms with Crippen molar-refractivity contribution in [1.82, 2.24) is 4.98 Å². The first-order chi connectivity index (χ1) is 7.66. The fraction of sp³-hybridized carbons (Fsp3) is 0.0833. The number of anilines is 1. The first-order valence-corrected chi connectivity index (χ1v) is 4.81. The van der Waals surface area contributed by atoms with Gasteiger partial charge in [0, 0.05) is 17.3 Å². The molecule has 1 aromatic heterocycles. The van der Waals surface area contributed by atoms with E-state index < -0.39 is 5.82 Å². The van der Waals surface area contributed by atoms with Gasteiger partial charge in [-0.15, -0.1) is 0 Å². The van der Waals surface area contributed by atoms with Crippen LogP contribution in [0.3, 0.4) is 0 Å². The maximum Gasteiger partial charge on any atom is 0.219 e. The molecule has 0 aliphatic carbocycles. The molecule has 4 heteroatoms. The number of nitrogens with zero attached hydrogens (tertiary/aromatic N) is 1. The van der Waals surface area contributed by atoms with Crippen LogP contribution in [0, 0.1) is 12.7 Å². The number of pyridine rings is 1. The number of benzene rings is 1. The Kier molecular flexibility index (Phi) is 2.72. The van der Waals surface area contributed by atoms with E-state index in [2.05, 4.69) is 4.98 Å². The molecule has 3 nitrogen and oxygen atoms in total. The molecule has 0 aliphatic rings. The van der Waals surface area contributed by atoms with Gasteiger partial charge in [-0.25, -0.2) is 9.37 Å². The molecule has 2 N–H and O–H groups in total. The van der Waals surface area contributed by atoms with Crippen molar-refractivity contribution in [3.05, 3.63) is 47.9 Å². The summed E-state index contributed by atoms with van der Waals surface area (Å²) in [6.07, 6.45) is 1.11. The number of halogens is 1. The molecule has 0 aliphatic heterocycles. The van der Waals surface area contributed by atoms with Crippen molar-refractivity contribution in [2.75, 3.05) is 5.73 Å². The second-order valence-corrected chi connectivity index (χ2v) is 3.39. The molecule has 2 aromatic rings. The van der Waals surface area contributed by atoms with E-state index in [1.165, 1.54) is 12.1 Å². The van der Waals surface area contributed by atoms with Crippen molar-refractivity contribution in [3.63, 3.8) is 0 Å². The van der Waals surface area contributed by atoms with Crippen LogP contribution < -0.4 is 10.5 Å². The van der Waals surface area contributed by atoms with Gasteiger partial charge in [0.05, 0.1) is 6.20 Å². The highest BCUT2D eigenvalue weighted by atomic mass is 19.1. The van der Waals surface area contributed by atoms with Crippen LogP contribution >= 0.6 is 0 Å². The molecule has 0 radical (unpaired) electrons. The first-order valence-electron chi connectivity index (χ1n) is 4.81. The SMILES string of the molecule is Cc1c(N)cccc1Oc1ccc(F)cn1. The van der Waals surface area contributed by atoms with Crippen molar-refractivity contribution >= 4 is 5.69 Å². The summed E-state index contributed by atoms with van der Waals surface area (Å²) in [6, 6.07) is 8.14. The zero-order valence-corrected chi connectivity index (χ0v) is 8.77. The van der Waals surface area contributed by atoms with E-state index in [0.717, 1.165) is 11.8 Å². The number of nitrogen functional groups attached to an aromatic ring is 1. The molecule has 0 spiro atoms. The smallest absolute Gasteiger partial charge is 0.219 e. The second-order valence-electron chi connectivity index (χ2n) is 3.39. The highest BCUT2D eigenvalue weighted by Gasteiger charge is 2.04. The Hall–Kier alpha value is -2.10. The van der Waals surface area contributed by atoms with Gasteiger partial charge in [-0.1, -0.05) is 6.07 Å². The Labute approximate surface area is 92.7 Å². The minimum Gasteiger partial charge on any atom is -0.439 e. The van der Waals surface area contributed by atoms with Gasteiger partial charge >= 0.3 is 0 Å². The van der Waals surface area contributed by atoms with Crippen LogP contribution in [0.25, 0.3) is 0 Å². The third-order valence-electron chi connectivity index (χ3n) is 2.24. The van der Waals surface area contributed by atoms with Crippen LogP contribution in [0.2, 0.25) is 0 Å². The molecular weight excluding hydrogens is 207 g/mol. The average Bonchev–Trinajstić information content (AvgIpc) is 2.28. The van der Waals surface area contributed by atoms with Crippen LogP contribution in [-0.4, -0.2) is 4.98 Å². The van der Waals surface area contributed by atoms with Gasteiger partial charge in [0.2, 0.25) is 5.88 Å². The van der Waals surface area contributed by atoms with Gasteiger partial charge in [0.25, 0.3) is 0 Å². The van der Waals surface area contributed by atoms with E-state index in [0.29, 0.717) is 17.3 Å². The summed E-state index contributed by atoms with van der Waals surface area (Å²) in [5.74, 6) is 0.575. The lowest BCUT2D eigenvalue weighted by atomic mass is 10.2. The summed E-state index contributed by atoms with van der Waals surface area (Å²) in [7, 11) is 0. The molecule has 0 unspecified atom stereocenters. The minimum absolute atomic E-state index is 0.343. The zero-order valence-electron chi connectivity index (χ0n) is 8.77. The van der Waals surface area contributed by atoms with Gasteiger partial charge < -0.3 is 10.5 Å². The van der Waals surface area contributed by atoms with Gasteiger partial charge in [-0.2, -0.15) is 0 Å². The molecule has 0 saturated carbocycles. The van der Waals surface area contributed by atoms with Crippen LogP contribution in [0.1, 0.15) is 5.56 Å². The number of aromatic nitrogens is 1. The largest absolute Gasteiger partial charge is 0.439 e. The first kappa shape index (κ1) is 10.4. The van der Waals surface area contributed by atoms with Crippen molar-refractivity contribution in [3.8, 4) is 11.6 Å². The van der Waals surface area contributed by atoms with Crippen molar-refractivity contribution in [2.24, 2.45) is 0 Å². The van der Waals surface area contributed by atoms with E-state index in [-0.39, 0.29) is 0 Å². The normalized spacial score (nSPS) is 10.1. The molecule has 82 valence electrons. The molecule has 0 amide bonds. The summed E-state index contributed by atoms with van der Waals surface area (Å²) >= 11 is 0. The summed E-state index contributed by atoms with van der Waals surface area (Å²) in [4.78, 5) is 3.81. The standard InChI is InChI=1S/C12H11FN2O/c1-8-10(14)3-2-4-11(8)16-12-6-5-9(13)7-15-12/h2-7H,14H2,1H3. The van der Waals surface area contributed by atoms with Gasteiger partial charge in [-0.3, -0.25) is 0 Å². The van der Waals surface area contributed by atoms with Crippen LogP contribution in [0.4, 0.5) is 10.1 Å². The van der Waals surface area contributed by atoms with E-state index in [1.54, 1.807) is 18.2 Å². The second kappa shape index (κ2) is 4.18. The Morgan fingerprint density at radius 3 is 2.75 bits per heavy atom. The maximum absolute atomic E-state index is 12.6. The Balaban J connectivity index is 2.27. The fourth-order valence-corrected chi connectivity index (χ4v) is 1.28. The number of ether oxygens (including phenoxy) is 1. The lowest BCUT2D eigenvalue weighted by molar-refractivity contribution is 0.456. The Morgan fingerprint density at radius 1 is 1.25 bits per heavy atom. The predicted octanol–water partition coefficient (Wildman–Crippen LogP) is 2.90. The minimum atomic E-state index is -0.392. The lowest BCUT2D eigenvalue weighted by Gasteiger charge is -2.08. The van der Waals surface area contributed by atoms with Crippen molar-refractivity contribution in [1.29, 1.82) is 0 Å². The van der Waals surface area contributed by atoms with E-state index in [4.69, 9.17) is 10.5 Å². The van der Waals surface area contributed by atoms with Gasteiger partial charge in [0.1, 0.15) is 11.6 Å². The quantitative estimate of drug-likeness (QED) is 0.788. The maximum atomic E-state index is 12.6. The molecule has 1 heterocycles. The molecule has 0 saturated heterocycles. The van der Waals surface area contributed by atoms with Crippen LogP contribution in [-0.2, 0) is 0 Å². The molecule has 16 heavy (non-hydrogen) atoms. The fourth-order valence-electron chi connectivity index (χ4n) is 1.28. The molecular formula is C12H11FN2O. The van der Waals surface area contributed by atoms with E-state index in [1.807, 2.05) is 6.92 Å². The zero-order chi connectivity index (χ0) is 11.5. The third-order valence-corrected chi connectivity index (χ3v) is 2.24. The van der Waals surface area contributed by atoms with Gasteiger partial charge in [-0.05, 0) is 25.1 Å². The highest BCUT2D eigenvalue weighted by molar-refractivity contribution is 5.53. The molecule has 0 fully saturated rings. The Morgan fingerprint density at radius 2 is 2.06 bits per heavy atom. The molecule has 0 atom stereocenters. The number of nitrogens with two attached hydrogens (primary N) is 1. The highest BCUT2D eigenvalue weighted by Crippen LogP contribution is 2.26. The van der Waals surface area contributed by atoms with Crippen molar-refractivity contribution < 1.29 is 9.13 Å². The summed E-state index contributed by atoms with van der Waals surface area (Å²) < 4.78 is 18.1. The molecule has 2 rings (SSSR count). The van der Waals surface area contributed by atoms with E-state index in [9.17, 15) is 4.39 Å².